The Hall–Kier alpha value is -1.07. The zero-order chi connectivity index (χ0) is 9.14. The molecule has 0 heterocycles. The molecule has 0 bridgehead atoms. The number of nitrogens with two attached hydrogens (primary N) is 1. The van der Waals surface area contributed by atoms with Crippen molar-refractivity contribution in [2.24, 2.45) is 5.73 Å². The molecule has 0 fully saturated rings. The van der Waals surface area contributed by atoms with Gasteiger partial charge in [-0.15, -0.1) is 12.6 Å². The molecular weight excluding hydrogens is 176 g/mol. The summed E-state index contributed by atoms with van der Waals surface area (Å²) >= 11 is 4.05. The molecule has 0 saturated carbocycles. The average Bonchev–Trinajstić information content (AvgIpc) is 2.03. The Morgan fingerprint density at radius 1 is 1.58 bits per heavy atom. The van der Waals surface area contributed by atoms with Crippen LogP contribution in [-0.4, -0.2) is 4.92 Å². The van der Waals surface area contributed by atoms with Gasteiger partial charge < -0.3 is 5.73 Å². The maximum absolute atomic E-state index is 10.4. The van der Waals surface area contributed by atoms with Gasteiger partial charge in [0.05, 0.1) is 4.92 Å². The van der Waals surface area contributed by atoms with Crippen molar-refractivity contribution in [1.82, 2.24) is 0 Å². The lowest BCUT2D eigenvalue weighted by Crippen LogP contribution is -2.01. The summed E-state index contributed by atoms with van der Waals surface area (Å²) < 4.78 is 0. The van der Waals surface area contributed by atoms with E-state index in [4.69, 9.17) is 5.73 Å². The monoisotopic (exact) mass is 184 g/mol. The minimum atomic E-state index is -0.449. The molecule has 0 radical (unpaired) electrons. The van der Waals surface area contributed by atoms with Crippen LogP contribution in [0.4, 0.5) is 5.69 Å². The molecule has 1 aromatic carbocycles. The van der Waals surface area contributed by atoms with Gasteiger partial charge in [0, 0.05) is 23.1 Å². The van der Waals surface area contributed by atoms with Gasteiger partial charge in [-0.1, -0.05) is 0 Å². The van der Waals surface area contributed by atoms with Gasteiger partial charge in [-0.3, -0.25) is 10.1 Å². The minimum Gasteiger partial charge on any atom is -0.326 e. The third kappa shape index (κ3) is 1.75. The second-order valence-corrected chi connectivity index (χ2v) is 2.79. The summed E-state index contributed by atoms with van der Waals surface area (Å²) in [7, 11) is 0. The van der Waals surface area contributed by atoms with Gasteiger partial charge in [-0.05, 0) is 12.1 Å². The lowest BCUT2D eigenvalue weighted by atomic mass is 10.2. The van der Waals surface area contributed by atoms with E-state index in [2.05, 4.69) is 12.6 Å². The lowest BCUT2D eigenvalue weighted by molar-refractivity contribution is -0.385. The Labute approximate surface area is 74.9 Å². The summed E-state index contributed by atoms with van der Waals surface area (Å²) in [6.07, 6.45) is 0. The zero-order valence-electron chi connectivity index (χ0n) is 6.23. The summed E-state index contributed by atoms with van der Waals surface area (Å²) in [4.78, 5) is 10.6. The first-order valence-corrected chi connectivity index (χ1v) is 3.76. The lowest BCUT2D eigenvalue weighted by Gasteiger charge is -1.99. The molecule has 2 N–H and O–H groups in total. The smallest absolute Gasteiger partial charge is 0.273 e. The highest BCUT2D eigenvalue weighted by Crippen LogP contribution is 2.20. The number of thiol groups is 1. The maximum Gasteiger partial charge on any atom is 0.273 e. The molecule has 0 unspecified atom stereocenters. The Bertz CT molecular complexity index is 314. The van der Waals surface area contributed by atoms with E-state index in [9.17, 15) is 10.1 Å². The van der Waals surface area contributed by atoms with Crippen LogP contribution in [-0.2, 0) is 6.54 Å². The van der Waals surface area contributed by atoms with E-state index in [0.29, 0.717) is 10.5 Å². The van der Waals surface area contributed by atoms with Crippen LogP contribution >= 0.6 is 12.6 Å². The number of benzene rings is 1. The van der Waals surface area contributed by atoms with Crippen LogP contribution in [0, 0.1) is 10.1 Å². The maximum atomic E-state index is 10.4. The van der Waals surface area contributed by atoms with Crippen LogP contribution in [0.3, 0.4) is 0 Å². The molecule has 0 saturated heterocycles. The molecule has 0 amide bonds. The normalized spacial score (nSPS) is 9.83. The van der Waals surface area contributed by atoms with Crippen molar-refractivity contribution in [3.63, 3.8) is 0 Å². The number of nitrogens with zero attached hydrogens (tertiary/aromatic N) is 1. The topological polar surface area (TPSA) is 69.2 Å². The molecule has 5 heteroatoms. The fourth-order valence-corrected chi connectivity index (χ4v) is 1.14. The van der Waals surface area contributed by atoms with Gasteiger partial charge in [-0.2, -0.15) is 0 Å². The molecule has 4 nitrogen and oxygen atoms in total. The third-order valence-corrected chi connectivity index (χ3v) is 1.76. The zero-order valence-corrected chi connectivity index (χ0v) is 7.12. The minimum absolute atomic E-state index is 0.0512. The number of nitro benzene ring substituents is 1. The van der Waals surface area contributed by atoms with E-state index in [0.717, 1.165) is 0 Å². The van der Waals surface area contributed by atoms with E-state index in [1.807, 2.05) is 0 Å². The SMILES string of the molecule is NCc1cc(S)ccc1[N+](=O)[O-]. The largest absolute Gasteiger partial charge is 0.326 e. The first-order valence-electron chi connectivity index (χ1n) is 3.31. The fraction of sp³-hybridized carbons (Fsp3) is 0.143. The number of rotatable bonds is 2. The molecule has 0 aromatic heterocycles. The molecule has 0 atom stereocenters. The van der Waals surface area contributed by atoms with Crippen LogP contribution in [0.25, 0.3) is 0 Å². The van der Waals surface area contributed by atoms with Gasteiger partial charge in [0.15, 0.2) is 0 Å². The summed E-state index contributed by atoms with van der Waals surface area (Å²) in [5.74, 6) is 0. The van der Waals surface area contributed by atoms with Gasteiger partial charge >= 0.3 is 0 Å². The molecule has 1 aromatic rings. The standard InChI is InChI=1S/C7H8N2O2S/c8-4-5-3-6(12)1-2-7(5)9(10)11/h1-3,12H,4,8H2. The Morgan fingerprint density at radius 2 is 2.25 bits per heavy atom. The predicted molar refractivity (Wildman–Crippen MR) is 48.2 cm³/mol. The second kappa shape index (κ2) is 3.55. The van der Waals surface area contributed by atoms with Gasteiger partial charge in [0.2, 0.25) is 0 Å². The molecule has 0 aliphatic heterocycles. The fourth-order valence-electron chi connectivity index (χ4n) is 0.914. The van der Waals surface area contributed by atoms with Crippen molar-refractivity contribution >= 4 is 18.3 Å². The second-order valence-electron chi connectivity index (χ2n) is 2.27. The van der Waals surface area contributed by atoms with Crippen LogP contribution in [0.2, 0.25) is 0 Å². The van der Waals surface area contributed by atoms with Crippen molar-refractivity contribution in [3.8, 4) is 0 Å². The summed E-state index contributed by atoms with van der Waals surface area (Å²) in [6, 6.07) is 4.58. The van der Waals surface area contributed by atoms with E-state index in [1.165, 1.54) is 6.07 Å². The average molecular weight is 184 g/mol. The van der Waals surface area contributed by atoms with E-state index in [1.54, 1.807) is 12.1 Å². The number of nitro groups is 1. The summed E-state index contributed by atoms with van der Waals surface area (Å²) in [5.41, 5.74) is 5.88. The molecule has 0 aliphatic rings. The van der Waals surface area contributed by atoms with E-state index >= 15 is 0 Å². The first-order chi connectivity index (χ1) is 5.65. The summed E-state index contributed by atoms with van der Waals surface area (Å²) in [5, 5.41) is 10.4. The predicted octanol–water partition coefficient (Wildman–Crippen LogP) is 1.34. The molecule has 64 valence electrons. The van der Waals surface area contributed by atoms with E-state index in [-0.39, 0.29) is 12.2 Å². The van der Waals surface area contributed by atoms with Crippen molar-refractivity contribution < 1.29 is 4.92 Å². The van der Waals surface area contributed by atoms with E-state index < -0.39 is 4.92 Å². The highest BCUT2D eigenvalue weighted by atomic mass is 32.1. The Balaban J connectivity index is 3.20. The van der Waals surface area contributed by atoms with Crippen molar-refractivity contribution in [2.45, 2.75) is 11.4 Å². The van der Waals surface area contributed by atoms with Crippen molar-refractivity contribution in [3.05, 3.63) is 33.9 Å². The first kappa shape index (κ1) is 9.02. The molecular formula is C7H8N2O2S. The van der Waals surface area contributed by atoms with Gasteiger partial charge in [-0.25, -0.2) is 0 Å². The molecule has 0 spiro atoms. The van der Waals surface area contributed by atoms with Crippen molar-refractivity contribution in [1.29, 1.82) is 0 Å². The van der Waals surface area contributed by atoms with Gasteiger partial charge in [0.25, 0.3) is 5.69 Å². The number of hydrogen-bond donors (Lipinski definition) is 2. The van der Waals surface area contributed by atoms with Crippen LogP contribution in [0.15, 0.2) is 23.1 Å². The highest BCUT2D eigenvalue weighted by Gasteiger charge is 2.11. The molecule has 12 heavy (non-hydrogen) atoms. The molecule has 1 rings (SSSR count). The highest BCUT2D eigenvalue weighted by molar-refractivity contribution is 7.80. The van der Waals surface area contributed by atoms with Crippen LogP contribution in [0.5, 0.6) is 0 Å². The quantitative estimate of drug-likeness (QED) is 0.414. The number of hydrogen-bond acceptors (Lipinski definition) is 4. The Kier molecular flexibility index (Phi) is 2.67. The van der Waals surface area contributed by atoms with Crippen LogP contribution < -0.4 is 5.73 Å². The van der Waals surface area contributed by atoms with Crippen molar-refractivity contribution in [2.75, 3.05) is 0 Å². The summed E-state index contributed by atoms with van der Waals surface area (Å²) in [6.45, 7) is 0.157. The third-order valence-electron chi connectivity index (χ3n) is 1.48. The van der Waals surface area contributed by atoms with Gasteiger partial charge in [0.1, 0.15) is 0 Å². The Morgan fingerprint density at radius 3 is 2.75 bits per heavy atom. The van der Waals surface area contributed by atoms with Crippen LogP contribution in [0.1, 0.15) is 5.56 Å². The molecule has 0 aliphatic carbocycles.